The van der Waals surface area contributed by atoms with Crippen molar-refractivity contribution in [2.24, 2.45) is 0 Å². The number of hydrogen-bond donors (Lipinski definition) is 0. The largest absolute Gasteiger partial charge is 0.465 e. The maximum absolute atomic E-state index is 13.2. The molecule has 0 saturated heterocycles. The van der Waals surface area contributed by atoms with Crippen molar-refractivity contribution in [2.75, 3.05) is 7.11 Å². The van der Waals surface area contributed by atoms with Crippen molar-refractivity contribution in [1.82, 2.24) is 0 Å². The van der Waals surface area contributed by atoms with Gasteiger partial charge in [0.1, 0.15) is 0 Å². The highest BCUT2D eigenvalue weighted by Gasteiger charge is 2.25. The van der Waals surface area contributed by atoms with Gasteiger partial charge in [-0.3, -0.25) is 0 Å². The SMILES string of the molecule is COC(=O)c1cc(-c2ccccc2)c(-c2ccccc2)c(-c2ccccc2)c1-c1ccccc1. The van der Waals surface area contributed by atoms with Crippen LogP contribution in [0, 0.1) is 0 Å². The molecule has 5 aromatic rings. The average molecular weight is 441 g/mol. The van der Waals surface area contributed by atoms with Crippen molar-refractivity contribution in [2.45, 2.75) is 0 Å². The van der Waals surface area contributed by atoms with Gasteiger partial charge in [0.15, 0.2) is 0 Å². The summed E-state index contributed by atoms with van der Waals surface area (Å²) < 4.78 is 5.29. The molecule has 0 aromatic heterocycles. The molecule has 0 radical (unpaired) electrons. The van der Waals surface area contributed by atoms with Crippen molar-refractivity contribution in [1.29, 1.82) is 0 Å². The van der Waals surface area contributed by atoms with Gasteiger partial charge in [0.25, 0.3) is 0 Å². The van der Waals surface area contributed by atoms with Gasteiger partial charge in [-0.2, -0.15) is 0 Å². The van der Waals surface area contributed by atoms with E-state index < -0.39 is 0 Å². The Balaban J connectivity index is 2.01. The second-order valence-corrected chi connectivity index (χ2v) is 8.05. The molecular formula is C32H24O2. The van der Waals surface area contributed by atoms with Gasteiger partial charge in [0.05, 0.1) is 12.7 Å². The van der Waals surface area contributed by atoms with Crippen molar-refractivity contribution in [3.63, 3.8) is 0 Å². The lowest BCUT2D eigenvalue weighted by Gasteiger charge is -2.23. The Hall–Kier alpha value is -4.43. The van der Waals surface area contributed by atoms with Gasteiger partial charge in [-0.1, -0.05) is 121 Å². The summed E-state index contributed by atoms with van der Waals surface area (Å²) in [5, 5.41) is 0. The maximum atomic E-state index is 13.2. The van der Waals surface area contributed by atoms with Crippen LogP contribution in [0.3, 0.4) is 0 Å². The lowest BCUT2D eigenvalue weighted by molar-refractivity contribution is 0.0601. The molecule has 0 N–H and O–H groups in total. The van der Waals surface area contributed by atoms with E-state index in [2.05, 4.69) is 48.5 Å². The molecule has 0 spiro atoms. The fourth-order valence-electron chi connectivity index (χ4n) is 4.50. The van der Waals surface area contributed by atoms with Gasteiger partial charge in [-0.25, -0.2) is 4.79 Å². The van der Waals surface area contributed by atoms with Crippen LogP contribution in [0.1, 0.15) is 10.4 Å². The summed E-state index contributed by atoms with van der Waals surface area (Å²) in [6, 6.07) is 42.9. The molecule has 0 aliphatic rings. The lowest BCUT2D eigenvalue weighted by Crippen LogP contribution is -2.07. The smallest absolute Gasteiger partial charge is 0.338 e. The lowest BCUT2D eigenvalue weighted by atomic mass is 9.80. The van der Waals surface area contributed by atoms with E-state index in [-0.39, 0.29) is 5.97 Å². The molecule has 0 saturated carbocycles. The Morgan fingerprint density at radius 3 is 1.32 bits per heavy atom. The van der Waals surface area contributed by atoms with Crippen LogP contribution in [0.4, 0.5) is 0 Å². The minimum absolute atomic E-state index is 0.354. The molecule has 0 aliphatic heterocycles. The second kappa shape index (κ2) is 9.60. The predicted octanol–water partition coefficient (Wildman–Crippen LogP) is 8.14. The number of carbonyl (C=O) groups excluding carboxylic acids is 1. The third-order valence-electron chi connectivity index (χ3n) is 6.00. The molecular weight excluding hydrogens is 416 g/mol. The summed E-state index contributed by atoms with van der Waals surface area (Å²) in [5.74, 6) is -0.354. The first-order chi connectivity index (χ1) is 16.8. The van der Waals surface area contributed by atoms with Crippen LogP contribution >= 0.6 is 0 Å². The van der Waals surface area contributed by atoms with E-state index in [1.807, 2.05) is 78.9 Å². The van der Waals surface area contributed by atoms with E-state index in [4.69, 9.17) is 4.74 Å². The number of esters is 1. The standard InChI is InChI=1S/C32H24O2/c1-34-32(33)28-22-27(23-14-6-2-7-15-23)29(24-16-8-3-9-17-24)31(26-20-12-5-13-21-26)30(28)25-18-10-4-11-19-25/h2-22H,1H3. The van der Waals surface area contributed by atoms with E-state index in [0.717, 1.165) is 44.5 Å². The number of benzene rings is 5. The topological polar surface area (TPSA) is 26.3 Å². The van der Waals surface area contributed by atoms with Gasteiger partial charge in [-0.05, 0) is 45.0 Å². The zero-order valence-electron chi connectivity index (χ0n) is 18.9. The molecule has 0 bridgehead atoms. The third-order valence-corrected chi connectivity index (χ3v) is 6.00. The zero-order chi connectivity index (χ0) is 23.3. The van der Waals surface area contributed by atoms with Gasteiger partial charge in [0.2, 0.25) is 0 Å². The van der Waals surface area contributed by atoms with E-state index in [1.165, 1.54) is 7.11 Å². The maximum Gasteiger partial charge on any atom is 0.338 e. The molecule has 34 heavy (non-hydrogen) atoms. The third kappa shape index (κ3) is 4.02. The van der Waals surface area contributed by atoms with E-state index in [9.17, 15) is 4.79 Å². The van der Waals surface area contributed by atoms with Crippen molar-refractivity contribution in [3.05, 3.63) is 133 Å². The van der Waals surface area contributed by atoms with Gasteiger partial charge in [-0.15, -0.1) is 0 Å². The van der Waals surface area contributed by atoms with Gasteiger partial charge in [0, 0.05) is 5.56 Å². The summed E-state index contributed by atoms with van der Waals surface area (Å²) in [7, 11) is 1.44. The van der Waals surface area contributed by atoms with E-state index in [1.54, 1.807) is 0 Å². The van der Waals surface area contributed by atoms with Crippen LogP contribution in [0.25, 0.3) is 44.5 Å². The molecule has 0 aliphatic carbocycles. The van der Waals surface area contributed by atoms with Crippen molar-refractivity contribution >= 4 is 5.97 Å². The number of methoxy groups -OCH3 is 1. The summed E-state index contributed by atoms with van der Waals surface area (Å²) in [6.07, 6.45) is 0. The second-order valence-electron chi connectivity index (χ2n) is 8.05. The quantitative estimate of drug-likeness (QED) is 0.258. The Bertz CT molecular complexity index is 1410. The fraction of sp³-hybridized carbons (Fsp3) is 0.0312. The van der Waals surface area contributed by atoms with Crippen LogP contribution in [0.2, 0.25) is 0 Å². The summed E-state index contributed by atoms with van der Waals surface area (Å²) in [5.41, 5.74) is 8.66. The minimum atomic E-state index is -0.354. The first kappa shape index (κ1) is 21.4. The van der Waals surface area contributed by atoms with Crippen molar-refractivity contribution < 1.29 is 9.53 Å². The first-order valence-electron chi connectivity index (χ1n) is 11.3. The molecule has 0 heterocycles. The summed E-state index contributed by atoms with van der Waals surface area (Å²) in [6.45, 7) is 0. The average Bonchev–Trinajstić information content (AvgIpc) is 2.93. The van der Waals surface area contributed by atoms with Gasteiger partial charge < -0.3 is 4.74 Å². The highest BCUT2D eigenvalue weighted by atomic mass is 16.5. The monoisotopic (exact) mass is 440 g/mol. The molecule has 5 rings (SSSR count). The van der Waals surface area contributed by atoms with Gasteiger partial charge >= 0.3 is 5.97 Å². The van der Waals surface area contributed by atoms with Crippen molar-refractivity contribution in [3.8, 4) is 44.5 Å². The Morgan fingerprint density at radius 2 is 0.882 bits per heavy atom. The Labute approximate surface area is 200 Å². The Morgan fingerprint density at radius 1 is 0.500 bits per heavy atom. The highest BCUT2D eigenvalue weighted by Crippen LogP contribution is 2.47. The number of hydrogen-bond acceptors (Lipinski definition) is 2. The zero-order valence-corrected chi connectivity index (χ0v) is 18.9. The van der Waals surface area contributed by atoms with Crippen LogP contribution < -0.4 is 0 Å². The van der Waals surface area contributed by atoms with Crippen LogP contribution in [0.5, 0.6) is 0 Å². The molecule has 0 unspecified atom stereocenters. The first-order valence-corrected chi connectivity index (χ1v) is 11.3. The Kier molecular flexibility index (Phi) is 6.05. The summed E-state index contributed by atoms with van der Waals surface area (Å²) in [4.78, 5) is 13.2. The number of ether oxygens (including phenoxy) is 1. The van der Waals surface area contributed by atoms with Crippen LogP contribution in [-0.2, 0) is 4.74 Å². The molecule has 0 amide bonds. The highest BCUT2D eigenvalue weighted by molar-refractivity contribution is 6.10. The predicted molar refractivity (Wildman–Crippen MR) is 140 cm³/mol. The van der Waals surface area contributed by atoms with Crippen LogP contribution in [-0.4, -0.2) is 13.1 Å². The minimum Gasteiger partial charge on any atom is -0.465 e. The summed E-state index contributed by atoms with van der Waals surface area (Å²) >= 11 is 0. The fourth-order valence-corrected chi connectivity index (χ4v) is 4.50. The van der Waals surface area contributed by atoms with E-state index in [0.29, 0.717) is 5.56 Å². The van der Waals surface area contributed by atoms with E-state index >= 15 is 0 Å². The molecule has 2 nitrogen and oxygen atoms in total. The molecule has 2 heteroatoms. The normalized spacial score (nSPS) is 10.6. The molecule has 164 valence electrons. The molecule has 0 atom stereocenters. The number of carbonyl (C=O) groups is 1. The molecule has 5 aromatic carbocycles. The van der Waals surface area contributed by atoms with Crippen LogP contribution in [0.15, 0.2) is 127 Å². The number of rotatable bonds is 5. The molecule has 0 fully saturated rings.